The number of rotatable bonds is 3. The zero-order valence-electron chi connectivity index (χ0n) is 7.21. The molecule has 0 aliphatic carbocycles. The van der Waals surface area contributed by atoms with Gasteiger partial charge in [0.25, 0.3) is 0 Å². The van der Waals surface area contributed by atoms with Crippen LogP contribution in [0.4, 0.5) is 0 Å². The van der Waals surface area contributed by atoms with Gasteiger partial charge in [0.05, 0.1) is 0 Å². The van der Waals surface area contributed by atoms with Crippen molar-refractivity contribution in [2.45, 2.75) is 6.10 Å². The Labute approximate surface area is 89.5 Å². The lowest BCUT2D eigenvalue weighted by Crippen LogP contribution is -2.10. The summed E-state index contributed by atoms with van der Waals surface area (Å²) in [5.74, 6) is -0.232. The largest absolute Gasteiger partial charge is 0.380 e. The SMILES string of the molecule is O=C(c1ccsc1)[C@H](O)c1ccsc1. The third-order valence-electron chi connectivity index (χ3n) is 1.91. The van der Waals surface area contributed by atoms with E-state index in [9.17, 15) is 9.90 Å². The normalized spacial score (nSPS) is 12.6. The van der Waals surface area contributed by atoms with Gasteiger partial charge in [0.2, 0.25) is 0 Å². The standard InChI is InChI=1S/C10H8O2S2/c11-9(7-1-3-13-5-7)10(12)8-2-4-14-6-8/h1-6,9,11H/t9-/m1/s1. The number of hydrogen-bond donors (Lipinski definition) is 1. The Balaban J connectivity index is 2.21. The number of carbonyl (C=O) groups is 1. The van der Waals surface area contributed by atoms with Gasteiger partial charge in [-0.25, -0.2) is 0 Å². The van der Waals surface area contributed by atoms with Crippen molar-refractivity contribution in [1.82, 2.24) is 0 Å². The van der Waals surface area contributed by atoms with E-state index in [1.165, 1.54) is 22.7 Å². The average molecular weight is 224 g/mol. The van der Waals surface area contributed by atoms with Gasteiger partial charge in [0.15, 0.2) is 5.78 Å². The number of aliphatic hydroxyl groups excluding tert-OH is 1. The quantitative estimate of drug-likeness (QED) is 0.814. The Kier molecular flexibility index (Phi) is 2.77. The third kappa shape index (κ3) is 1.77. The number of carbonyl (C=O) groups excluding carboxylic acids is 1. The van der Waals surface area contributed by atoms with Crippen LogP contribution in [0.3, 0.4) is 0 Å². The highest BCUT2D eigenvalue weighted by molar-refractivity contribution is 7.08. The highest BCUT2D eigenvalue weighted by atomic mass is 32.1. The van der Waals surface area contributed by atoms with E-state index in [1.54, 1.807) is 22.9 Å². The van der Waals surface area contributed by atoms with Crippen LogP contribution in [0, 0.1) is 0 Å². The fraction of sp³-hybridized carbons (Fsp3) is 0.100. The molecule has 0 saturated heterocycles. The summed E-state index contributed by atoms with van der Waals surface area (Å²) in [7, 11) is 0. The van der Waals surface area contributed by atoms with Gasteiger partial charge in [-0.2, -0.15) is 22.7 Å². The molecule has 0 spiro atoms. The highest BCUT2D eigenvalue weighted by Crippen LogP contribution is 2.21. The molecule has 2 nitrogen and oxygen atoms in total. The minimum atomic E-state index is -1.02. The minimum absolute atomic E-state index is 0.232. The molecule has 1 N–H and O–H groups in total. The van der Waals surface area contributed by atoms with Gasteiger partial charge in [-0.3, -0.25) is 4.79 Å². The molecule has 0 aliphatic heterocycles. The first-order valence-corrected chi connectivity index (χ1v) is 5.94. The van der Waals surface area contributed by atoms with Crippen LogP contribution in [-0.2, 0) is 0 Å². The Morgan fingerprint density at radius 3 is 2.50 bits per heavy atom. The number of ketones is 1. The van der Waals surface area contributed by atoms with Crippen LogP contribution in [0.25, 0.3) is 0 Å². The van der Waals surface area contributed by atoms with Crippen LogP contribution in [0.5, 0.6) is 0 Å². The number of hydrogen-bond acceptors (Lipinski definition) is 4. The summed E-state index contributed by atoms with van der Waals surface area (Å²) in [6.45, 7) is 0. The van der Waals surface area contributed by atoms with Crippen molar-refractivity contribution in [3.8, 4) is 0 Å². The summed E-state index contributed by atoms with van der Waals surface area (Å²) in [5.41, 5.74) is 1.25. The maximum atomic E-state index is 11.7. The van der Waals surface area contributed by atoms with Crippen LogP contribution in [0.15, 0.2) is 33.7 Å². The summed E-state index contributed by atoms with van der Waals surface area (Å²) in [6.07, 6.45) is -1.02. The van der Waals surface area contributed by atoms with Crippen LogP contribution >= 0.6 is 22.7 Å². The van der Waals surface area contributed by atoms with Crippen molar-refractivity contribution in [1.29, 1.82) is 0 Å². The monoisotopic (exact) mass is 224 g/mol. The summed E-state index contributed by atoms with van der Waals surface area (Å²) in [4.78, 5) is 11.7. The van der Waals surface area contributed by atoms with E-state index in [0.717, 1.165) is 0 Å². The summed E-state index contributed by atoms with van der Waals surface area (Å²) in [6, 6.07) is 3.49. The van der Waals surface area contributed by atoms with Gasteiger partial charge < -0.3 is 5.11 Å². The second-order valence-corrected chi connectivity index (χ2v) is 4.40. The van der Waals surface area contributed by atoms with Crippen LogP contribution < -0.4 is 0 Å². The molecule has 72 valence electrons. The van der Waals surface area contributed by atoms with E-state index in [0.29, 0.717) is 11.1 Å². The Hall–Kier alpha value is -0.970. The molecule has 0 aliphatic rings. The summed E-state index contributed by atoms with van der Waals surface area (Å²) < 4.78 is 0. The molecule has 1 atom stereocenters. The van der Waals surface area contributed by atoms with E-state index < -0.39 is 6.10 Å². The molecule has 0 amide bonds. The maximum absolute atomic E-state index is 11.7. The fourth-order valence-electron chi connectivity index (χ4n) is 1.14. The summed E-state index contributed by atoms with van der Waals surface area (Å²) in [5, 5.41) is 16.9. The van der Waals surface area contributed by atoms with E-state index in [1.807, 2.05) is 10.8 Å². The lowest BCUT2D eigenvalue weighted by molar-refractivity contribution is 0.0749. The summed E-state index contributed by atoms with van der Waals surface area (Å²) >= 11 is 2.93. The minimum Gasteiger partial charge on any atom is -0.380 e. The van der Waals surface area contributed by atoms with Crippen molar-refractivity contribution in [2.75, 3.05) is 0 Å². The van der Waals surface area contributed by atoms with Crippen LogP contribution in [0.1, 0.15) is 22.0 Å². The van der Waals surface area contributed by atoms with E-state index >= 15 is 0 Å². The maximum Gasteiger partial charge on any atom is 0.196 e. The van der Waals surface area contributed by atoms with Gasteiger partial charge in [0, 0.05) is 10.9 Å². The Morgan fingerprint density at radius 2 is 1.93 bits per heavy atom. The van der Waals surface area contributed by atoms with Crippen molar-refractivity contribution in [3.05, 3.63) is 44.8 Å². The fourth-order valence-corrected chi connectivity index (χ4v) is 2.47. The lowest BCUT2D eigenvalue weighted by Gasteiger charge is -2.05. The molecule has 2 heterocycles. The molecule has 0 bridgehead atoms. The van der Waals surface area contributed by atoms with Gasteiger partial charge in [-0.15, -0.1) is 0 Å². The number of aliphatic hydroxyl groups is 1. The van der Waals surface area contributed by atoms with Crippen LogP contribution in [0.2, 0.25) is 0 Å². The first kappa shape index (κ1) is 9.58. The van der Waals surface area contributed by atoms with Crippen molar-refractivity contribution in [3.63, 3.8) is 0 Å². The molecule has 0 radical (unpaired) electrons. The molecule has 2 aromatic rings. The van der Waals surface area contributed by atoms with E-state index in [4.69, 9.17) is 0 Å². The molecule has 14 heavy (non-hydrogen) atoms. The van der Waals surface area contributed by atoms with E-state index in [2.05, 4.69) is 0 Å². The van der Waals surface area contributed by atoms with Gasteiger partial charge >= 0.3 is 0 Å². The average Bonchev–Trinajstić information content (AvgIpc) is 2.87. The van der Waals surface area contributed by atoms with Gasteiger partial charge in [-0.1, -0.05) is 0 Å². The first-order valence-electron chi connectivity index (χ1n) is 4.05. The van der Waals surface area contributed by atoms with Gasteiger partial charge in [-0.05, 0) is 33.8 Å². The smallest absolute Gasteiger partial charge is 0.196 e. The van der Waals surface area contributed by atoms with Crippen molar-refractivity contribution in [2.24, 2.45) is 0 Å². The molecule has 2 rings (SSSR count). The second-order valence-electron chi connectivity index (χ2n) is 2.84. The van der Waals surface area contributed by atoms with Gasteiger partial charge in [0.1, 0.15) is 6.10 Å². The first-order chi connectivity index (χ1) is 6.79. The topological polar surface area (TPSA) is 37.3 Å². The predicted octanol–water partition coefficient (Wildman–Crippen LogP) is 2.73. The molecule has 0 unspecified atom stereocenters. The molecular weight excluding hydrogens is 216 g/mol. The van der Waals surface area contributed by atoms with Crippen molar-refractivity contribution >= 4 is 28.5 Å². The second kappa shape index (κ2) is 4.04. The Bertz CT molecular complexity index is 403. The highest BCUT2D eigenvalue weighted by Gasteiger charge is 2.19. The molecule has 4 heteroatoms. The zero-order valence-corrected chi connectivity index (χ0v) is 8.85. The van der Waals surface area contributed by atoms with E-state index in [-0.39, 0.29) is 5.78 Å². The zero-order chi connectivity index (χ0) is 9.97. The van der Waals surface area contributed by atoms with Crippen molar-refractivity contribution < 1.29 is 9.90 Å². The molecule has 0 saturated carbocycles. The molecule has 0 aromatic carbocycles. The number of thiophene rings is 2. The predicted molar refractivity (Wildman–Crippen MR) is 57.9 cm³/mol. The molecule has 2 aromatic heterocycles. The molecule has 0 fully saturated rings. The molecular formula is C10H8O2S2. The number of Topliss-reactive ketones (excluding diaryl/α,β-unsaturated/α-hetero) is 1. The third-order valence-corrected chi connectivity index (χ3v) is 3.30. The Morgan fingerprint density at radius 1 is 1.21 bits per heavy atom. The lowest BCUT2D eigenvalue weighted by atomic mass is 10.1. The van der Waals surface area contributed by atoms with Crippen LogP contribution in [-0.4, -0.2) is 10.9 Å².